The normalized spacial score (nSPS) is 10.2. The van der Waals surface area contributed by atoms with E-state index in [9.17, 15) is 4.79 Å². The molecule has 1 amide bonds. The highest BCUT2D eigenvalue weighted by atomic mass is 79.9. The fourth-order valence-corrected chi connectivity index (χ4v) is 1.96. The van der Waals surface area contributed by atoms with Crippen molar-refractivity contribution in [3.05, 3.63) is 58.3 Å². The molecule has 0 saturated carbocycles. The fourth-order valence-electron chi connectivity index (χ4n) is 1.72. The zero-order valence-electron chi connectivity index (χ0n) is 10.2. The lowest BCUT2D eigenvalue weighted by Crippen LogP contribution is -2.27. The van der Waals surface area contributed by atoms with E-state index < -0.39 is 0 Å². The van der Waals surface area contributed by atoms with Gasteiger partial charge in [0.2, 0.25) is 0 Å². The first-order chi connectivity index (χ1) is 8.59. The van der Waals surface area contributed by atoms with Gasteiger partial charge in [-0.2, -0.15) is 0 Å². The van der Waals surface area contributed by atoms with Gasteiger partial charge in [0, 0.05) is 23.4 Å². The number of pyridine rings is 1. The molecule has 1 heterocycles. The van der Waals surface area contributed by atoms with Crippen LogP contribution in [0.25, 0.3) is 0 Å². The Hall–Kier alpha value is -1.68. The van der Waals surface area contributed by atoms with E-state index in [4.69, 9.17) is 0 Å². The van der Waals surface area contributed by atoms with Crippen LogP contribution < -0.4 is 4.90 Å². The molecule has 92 valence electrons. The van der Waals surface area contributed by atoms with E-state index in [1.54, 1.807) is 24.2 Å². The van der Waals surface area contributed by atoms with Gasteiger partial charge in [0.05, 0.1) is 0 Å². The minimum Gasteiger partial charge on any atom is -0.310 e. The topological polar surface area (TPSA) is 33.2 Å². The second-order valence-corrected chi connectivity index (χ2v) is 4.93. The lowest BCUT2D eigenvalue weighted by Gasteiger charge is -2.18. The number of carbonyl (C=O) groups is 1. The van der Waals surface area contributed by atoms with Crippen LogP contribution in [0, 0.1) is 6.92 Å². The van der Waals surface area contributed by atoms with Crippen LogP contribution >= 0.6 is 15.9 Å². The molecule has 2 aromatic rings. The lowest BCUT2D eigenvalue weighted by molar-refractivity contribution is 0.0988. The highest BCUT2D eigenvalue weighted by Gasteiger charge is 2.15. The van der Waals surface area contributed by atoms with Gasteiger partial charge in [-0.15, -0.1) is 0 Å². The number of anilines is 1. The Bertz CT molecular complexity index is 566. The van der Waals surface area contributed by atoms with Crippen molar-refractivity contribution in [1.29, 1.82) is 0 Å². The number of amides is 1. The Balaban J connectivity index is 2.29. The lowest BCUT2D eigenvalue weighted by atomic mass is 10.2. The van der Waals surface area contributed by atoms with Gasteiger partial charge in [0.1, 0.15) is 5.69 Å². The first-order valence-electron chi connectivity index (χ1n) is 5.55. The van der Waals surface area contributed by atoms with Crippen molar-refractivity contribution in [3.63, 3.8) is 0 Å². The molecule has 4 heteroatoms. The number of benzene rings is 1. The number of rotatable bonds is 2. The number of hydrogen-bond donors (Lipinski definition) is 0. The Kier molecular flexibility index (Phi) is 3.77. The smallest absolute Gasteiger partial charge is 0.276 e. The van der Waals surface area contributed by atoms with E-state index >= 15 is 0 Å². The average Bonchev–Trinajstić information content (AvgIpc) is 2.38. The molecule has 1 aromatic carbocycles. The molecule has 0 fully saturated rings. The predicted octanol–water partition coefficient (Wildman–Crippen LogP) is 3.43. The quantitative estimate of drug-likeness (QED) is 0.851. The van der Waals surface area contributed by atoms with Gasteiger partial charge < -0.3 is 4.90 Å². The van der Waals surface area contributed by atoms with Crippen LogP contribution in [0.5, 0.6) is 0 Å². The molecule has 1 aromatic heterocycles. The second-order valence-electron chi connectivity index (χ2n) is 4.01. The van der Waals surface area contributed by atoms with Crippen molar-refractivity contribution < 1.29 is 4.79 Å². The number of aromatic nitrogens is 1. The maximum atomic E-state index is 12.3. The number of aryl methyl sites for hydroxylation is 1. The van der Waals surface area contributed by atoms with Gasteiger partial charge >= 0.3 is 0 Å². The largest absolute Gasteiger partial charge is 0.310 e. The van der Waals surface area contributed by atoms with Crippen molar-refractivity contribution in [2.45, 2.75) is 6.92 Å². The summed E-state index contributed by atoms with van der Waals surface area (Å²) in [4.78, 5) is 18.0. The van der Waals surface area contributed by atoms with Gasteiger partial charge in [0.15, 0.2) is 0 Å². The molecular weight excluding hydrogens is 292 g/mol. The van der Waals surface area contributed by atoms with E-state index in [1.807, 2.05) is 37.3 Å². The minimum atomic E-state index is -0.114. The van der Waals surface area contributed by atoms with Gasteiger partial charge in [-0.05, 0) is 46.6 Å². The average molecular weight is 305 g/mol. The molecule has 0 saturated heterocycles. The van der Waals surface area contributed by atoms with Gasteiger partial charge in [-0.25, -0.2) is 4.98 Å². The summed E-state index contributed by atoms with van der Waals surface area (Å²) in [6.07, 6.45) is 1.62. The molecule has 0 aliphatic rings. The molecular formula is C14H13BrN2O. The maximum absolute atomic E-state index is 12.3. The summed E-state index contributed by atoms with van der Waals surface area (Å²) in [6.45, 7) is 1.98. The standard InChI is InChI=1S/C14H13BrN2O/c1-10-5-3-4-6-13(10)17(2)14(18)12-8-7-11(15)9-16-12/h3-9H,1-2H3. The molecule has 0 aliphatic heterocycles. The molecule has 0 bridgehead atoms. The van der Waals surface area contributed by atoms with E-state index in [0.29, 0.717) is 5.69 Å². The van der Waals surface area contributed by atoms with Crippen molar-refractivity contribution in [2.24, 2.45) is 0 Å². The van der Waals surface area contributed by atoms with E-state index in [0.717, 1.165) is 15.7 Å². The summed E-state index contributed by atoms with van der Waals surface area (Å²) in [5.74, 6) is -0.114. The summed E-state index contributed by atoms with van der Waals surface area (Å²) < 4.78 is 0.859. The van der Waals surface area contributed by atoms with Gasteiger partial charge in [-0.1, -0.05) is 18.2 Å². The Morgan fingerprint density at radius 2 is 1.94 bits per heavy atom. The molecule has 0 aliphatic carbocycles. The third-order valence-electron chi connectivity index (χ3n) is 2.73. The molecule has 0 radical (unpaired) electrons. The van der Waals surface area contributed by atoms with Crippen LogP contribution in [0.1, 0.15) is 16.1 Å². The van der Waals surface area contributed by atoms with Crippen LogP contribution in [0.4, 0.5) is 5.69 Å². The van der Waals surface area contributed by atoms with Crippen LogP contribution in [-0.4, -0.2) is 17.9 Å². The first kappa shape index (κ1) is 12.8. The number of halogens is 1. The summed E-state index contributed by atoms with van der Waals surface area (Å²) in [5.41, 5.74) is 2.39. The first-order valence-corrected chi connectivity index (χ1v) is 6.34. The number of para-hydroxylation sites is 1. The Morgan fingerprint density at radius 3 is 2.56 bits per heavy atom. The predicted molar refractivity (Wildman–Crippen MR) is 75.8 cm³/mol. The van der Waals surface area contributed by atoms with E-state index in [-0.39, 0.29) is 5.91 Å². The summed E-state index contributed by atoms with van der Waals surface area (Å²) in [6, 6.07) is 11.3. The van der Waals surface area contributed by atoms with Crippen molar-refractivity contribution in [2.75, 3.05) is 11.9 Å². The zero-order valence-corrected chi connectivity index (χ0v) is 11.8. The highest BCUT2D eigenvalue weighted by molar-refractivity contribution is 9.10. The van der Waals surface area contributed by atoms with Crippen molar-refractivity contribution >= 4 is 27.5 Å². The van der Waals surface area contributed by atoms with Crippen LogP contribution in [-0.2, 0) is 0 Å². The number of hydrogen-bond acceptors (Lipinski definition) is 2. The molecule has 2 rings (SSSR count). The third-order valence-corrected chi connectivity index (χ3v) is 3.20. The molecule has 0 spiro atoms. The van der Waals surface area contributed by atoms with E-state index in [2.05, 4.69) is 20.9 Å². The van der Waals surface area contributed by atoms with Gasteiger partial charge in [0.25, 0.3) is 5.91 Å². The fraction of sp³-hybridized carbons (Fsp3) is 0.143. The van der Waals surface area contributed by atoms with E-state index in [1.165, 1.54) is 0 Å². The molecule has 0 unspecified atom stereocenters. The van der Waals surface area contributed by atoms with Crippen LogP contribution in [0.3, 0.4) is 0 Å². The molecule has 0 atom stereocenters. The maximum Gasteiger partial charge on any atom is 0.276 e. The van der Waals surface area contributed by atoms with Crippen LogP contribution in [0.2, 0.25) is 0 Å². The Labute approximate surface area is 115 Å². The summed E-state index contributed by atoms with van der Waals surface area (Å²) >= 11 is 3.30. The zero-order chi connectivity index (χ0) is 13.1. The second kappa shape index (κ2) is 5.31. The Morgan fingerprint density at radius 1 is 1.22 bits per heavy atom. The summed E-state index contributed by atoms with van der Waals surface area (Å²) in [7, 11) is 1.76. The SMILES string of the molecule is Cc1ccccc1N(C)C(=O)c1ccc(Br)cn1. The molecule has 0 N–H and O–H groups in total. The third kappa shape index (κ3) is 2.59. The summed E-state index contributed by atoms with van der Waals surface area (Å²) in [5, 5.41) is 0. The molecule has 3 nitrogen and oxygen atoms in total. The molecule has 18 heavy (non-hydrogen) atoms. The van der Waals surface area contributed by atoms with Crippen LogP contribution in [0.15, 0.2) is 47.1 Å². The van der Waals surface area contributed by atoms with Crippen molar-refractivity contribution in [3.8, 4) is 0 Å². The number of nitrogens with zero attached hydrogens (tertiary/aromatic N) is 2. The number of carbonyl (C=O) groups excluding carboxylic acids is 1. The minimum absolute atomic E-state index is 0.114. The van der Waals surface area contributed by atoms with Crippen molar-refractivity contribution in [1.82, 2.24) is 4.98 Å². The van der Waals surface area contributed by atoms with Gasteiger partial charge in [-0.3, -0.25) is 4.79 Å². The highest BCUT2D eigenvalue weighted by Crippen LogP contribution is 2.19. The monoisotopic (exact) mass is 304 g/mol.